The standard InChI is InChI=1S/C12H18N4O3/c13-15-12-10(2-1-4-14-12)19-7-3-11(17)16-5-8-18-9-6-16/h1-2,4H,3,5-9,13H2,(H,14,15). The van der Waals surface area contributed by atoms with Gasteiger partial charge in [0.25, 0.3) is 0 Å². The molecule has 0 unspecified atom stereocenters. The van der Waals surface area contributed by atoms with Crippen LogP contribution >= 0.6 is 0 Å². The fraction of sp³-hybridized carbons (Fsp3) is 0.500. The maximum atomic E-state index is 11.9. The van der Waals surface area contributed by atoms with Crippen molar-refractivity contribution in [3.05, 3.63) is 18.3 Å². The number of carbonyl (C=O) groups excluding carboxylic acids is 1. The van der Waals surface area contributed by atoms with Crippen molar-refractivity contribution in [1.82, 2.24) is 9.88 Å². The molecule has 1 fully saturated rings. The van der Waals surface area contributed by atoms with E-state index >= 15 is 0 Å². The van der Waals surface area contributed by atoms with Crippen LogP contribution in [0.25, 0.3) is 0 Å². The quantitative estimate of drug-likeness (QED) is 0.576. The van der Waals surface area contributed by atoms with E-state index in [-0.39, 0.29) is 5.91 Å². The summed E-state index contributed by atoms with van der Waals surface area (Å²) in [6.07, 6.45) is 1.94. The van der Waals surface area contributed by atoms with Crippen molar-refractivity contribution in [1.29, 1.82) is 0 Å². The predicted octanol–water partition coefficient (Wildman–Crippen LogP) is -0.00510. The number of hydrogen-bond acceptors (Lipinski definition) is 6. The van der Waals surface area contributed by atoms with E-state index in [1.54, 1.807) is 23.2 Å². The Bertz CT molecular complexity index is 421. The summed E-state index contributed by atoms with van der Waals surface area (Å²) in [7, 11) is 0. The van der Waals surface area contributed by atoms with E-state index in [2.05, 4.69) is 10.4 Å². The minimum atomic E-state index is 0.0782. The van der Waals surface area contributed by atoms with Gasteiger partial charge in [-0.1, -0.05) is 0 Å². The number of morpholine rings is 1. The molecule has 0 aliphatic carbocycles. The molecule has 0 atom stereocenters. The smallest absolute Gasteiger partial charge is 0.226 e. The lowest BCUT2D eigenvalue weighted by Gasteiger charge is -2.26. The number of hydrazine groups is 1. The summed E-state index contributed by atoms with van der Waals surface area (Å²) in [6.45, 7) is 2.83. The number of nitrogens with zero attached hydrogens (tertiary/aromatic N) is 2. The molecule has 1 amide bonds. The number of ether oxygens (including phenoxy) is 2. The molecule has 3 N–H and O–H groups in total. The molecule has 1 aromatic rings. The first-order valence-corrected chi connectivity index (χ1v) is 6.21. The fourth-order valence-electron chi connectivity index (χ4n) is 1.83. The number of carbonyl (C=O) groups is 1. The van der Waals surface area contributed by atoms with Crippen LogP contribution in [0.5, 0.6) is 5.75 Å². The Hall–Kier alpha value is -1.86. The third-order valence-corrected chi connectivity index (χ3v) is 2.84. The zero-order chi connectivity index (χ0) is 13.5. The molecule has 2 rings (SSSR count). The predicted molar refractivity (Wildman–Crippen MR) is 69.6 cm³/mol. The minimum Gasteiger partial charge on any atom is -0.489 e. The molecule has 7 nitrogen and oxygen atoms in total. The van der Waals surface area contributed by atoms with Gasteiger partial charge in [0, 0.05) is 19.3 Å². The number of nitrogens with one attached hydrogen (secondary N) is 1. The first kappa shape index (κ1) is 13.6. The van der Waals surface area contributed by atoms with Gasteiger partial charge in [-0.05, 0) is 12.1 Å². The molecule has 0 radical (unpaired) electrons. The summed E-state index contributed by atoms with van der Waals surface area (Å²) in [5.74, 6) is 6.40. The molecular formula is C12H18N4O3. The molecular weight excluding hydrogens is 248 g/mol. The van der Waals surface area contributed by atoms with Crippen molar-refractivity contribution in [2.75, 3.05) is 38.3 Å². The second-order valence-electron chi connectivity index (χ2n) is 4.09. The summed E-state index contributed by atoms with van der Waals surface area (Å²) in [4.78, 5) is 17.7. The van der Waals surface area contributed by atoms with Crippen LogP contribution in [0.1, 0.15) is 6.42 Å². The number of nitrogens with two attached hydrogens (primary N) is 1. The molecule has 0 saturated carbocycles. The van der Waals surface area contributed by atoms with E-state index in [0.29, 0.717) is 50.9 Å². The molecule has 19 heavy (non-hydrogen) atoms. The van der Waals surface area contributed by atoms with Crippen LogP contribution in [0, 0.1) is 0 Å². The molecule has 0 spiro atoms. The number of nitrogen functional groups attached to an aromatic ring is 1. The lowest BCUT2D eigenvalue weighted by atomic mass is 10.3. The number of hydrogen-bond donors (Lipinski definition) is 2. The number of aromatic nitrogens is 1. The average Bonchev–Trinajstić information content (AvgIpc) is 2.48. The number of pyridine rings is 1. The van der Waals surface area contributed by atoms with Crippen LogP contribution in [0.3, 0.4) is 0 Å². The van der Waals surface area contributed by atoms with Crippen molar-refractivity contribution < 1.29 is 14.3 Å². The largest absolute Gasteiger partial charge is 0.489 e. The molecule has 0 bridgehead atoms. The fourth-order valence-corrected chi connectivity index (χ4v) is 1.83. The summed E-state index contributed by atoms with van der Waals surface area (Å²) in [6, 6.07) is 3.50. The van der Waals surface area contributed by atoms with E-state index in [1.165, 1.54) is 0 Å². The van der Waals surface area contributed by atoms with Gasteiger partial charge < -0.3 is 19.8 Å². The zero-order valence-corrected chi connectivity index (χ0v) is 10.7. The van der Waals surface area contributed by atoms with Gasteiger partial charge in [0.2, 0.25) is 5.91 Å². The van der Waals surface area contributed by atoms with Gasteiger partial charge in [-0.25, -0.2) is 10.8 Å². The third kappa shape index (κ3) is 3.80. The van der Waals surface area contributed by atoms with Gasteiger partial charge in [0.1, 0.15) is 0 Å². The van der Waals surface area contributed by atoms with E-state index in [1.807, 2.05) is 0 Å². The first-order valence-electron chi connectivity index (χ1n) is 6.21. The van der Waals surface area contributed by atoms with Gasteiger partial charge in [-0.15, -0.1) is 0 Å². The lowest BCUT2D eigenvalue weighted by Crippen LogP contribution is -2.41. The summed E-state index contributed by atoms with van der Waals surface area (Å²) in [5, 5.41) is 0. The highest BCUT2D eigenvalue weighted by molar-refractivity contribution is 5.76. The van der Waals surface area contributed by atoms with Crippen LogP contribution in [-0.4, -0.2) is 48.7 Å². The third-order valence-electron chi connectivity index (χ3n) is 2.84. The second kappa shape index (κ2) is 6.91. The van der Waals surface area contributed by atoms with Crippen molar-refractivity contribution in [3.8, 4) is 5.75 Å². The van der Waals surface area contributed by atoms with Gasteiger partial charge in [0.05, 0.1) is 26.2 Å². The lowest BCUT2D eigenvalue weighted by molar-refractivity contribution is -0.135. The highest BCUT2D eigenvalue weighted by Gasteiger charge is 2.16. The molecule has 7 heteroatoms. The Kier molecular flexibility index (Phi) is 4.93. The van der Waals surface area contributed by atoms with E-state index in [0.717, 1.165) is 0 Å². The zero-order valence-electron chi connectivity index (χ0n) is 10.7. The summed E-state index contributed by atoms with van der Waals surface area (Å²) >= 11 is 0. The average molecular weight is 266 g/mol. The number of rotatable bonds is 5. The number of amides is 1. The van der Waals surface area contributed by atoms with E-state index < -0.39 is 0 Å². The first-order chi connectivity index (χ1) is 9.31. The van der Waals surface area contributed by atoms with Gasteiger partial charge in [0.15, 0.2) is 11.6 Å². The molecule has 1 aliphatic heterocycles. The highest BCUT2D eigenvalue weighted by Crippen LogP contribution is 2.19. The van der Waals surface area contributed by atoms with Crippen molar-refractivity contribution in [2.24, 2.45) is 5.84 Å². The van der Waals surface area contributed by atoms with Gasteiger partial charge >= 0.3 is 0 Å². The van der Waals surface area contributed by atoms with Crippen LogP contribution in [0.4, 0.5) is 5.82 Å². The summed E-state index contributed by atoms with van der Waals surface area (Å²) < 4.78 is 10.7. The van der Waals surface area contributed by atoms with Crippen LogP contribution < -0.4 is 16.0 Å². The van der Waals surface area contributed by atoms with Crippen LogP contribution in [-0.2, 0) is 9.53 Å². The maximum absolute atomic E-state index is 11.9. The highest BCUT2D eigenvalue weighted by atomic mass is 16.5. The topological polar surface area (TPSA) is 89.7 Å². The van der Waals surface area contributed by atoms with Crippen LogP contribution in [0.2, 0.25) is 0 Å². The van der Waals surface area contributed by atoms with Gasteiger partial charge in [-0.2, -0.15) is 0 Å². The second-order valence-corrected chi connectivity index (χ2v) is 4.09. The van der Waals surface area contributed by atoms with Crippen LogP contribution in [0.15, 0.2) is 18.3 Å². The minimum absolute atomic E-state index is 0.0782. The van der Waals surface area contributed by atoms with Crippen molar-refractivity contribution >= 4 is 11.7 Å². The van der Waals surface area contributed by atoms with E-state index in [9.17, 15) is 4.79 Å². The Labute approximate surface area is 111 Å². The monoisotopic (exact) mass is 266 g/mol. The SMILES string of the molecule is NNc1ncccc1OCCC(=O)N1CCOCC1. The maximum Gasteiger partial charge on any atom is 0.226 e. The summed E-state index contributed by atoms with van der Waals surface area (Å²) in [5.41, 5.74) is 2.45. The van der Waals surface area contributed by atoms with Gasteiger partial charge in [-0.3, -0.25) is 4.79 Å². The molecule has 1 aromatic heterocycles. The Balaban J connectivity index is 1.78. The normalized spacial score (nSPS) is 15.1. The Morgan fingerprint density at radius 1 is 1.53 bits per heavy atom. The molecule has 2 heterocycles. The Morgan fingerprint density at radius 3 is 3.05 bits per heavy atom. The molecule has 1 aliphatic rings. The number of anilines is 1. The Morgan fingerprint density at radius 2 is 2.32 bits per heavy atom. The molecule has 1 saturated heterocycles. The molecule has 104 valence electrons. The van der Waals surface area contributed by atoms with Crippen molar-refractivity contribution in [2.45, 2.75) is 6.42 Å². The molecule has 0 aromatic carbocycles. The van der Waals surface area contributed by atoms with Crippen molar-refractivity contribution in [3.63, 3.8) is 0 Å². The van der Waals surface area contributed by atoms with E-state index in [4.69, 9.17) is 15.3 Å².